The molecule has 9 heteroatoms. The van der Waals surface area contributed by atoms with Crippen LogP contribution in [0.1, 0.15) is 12.8 Å². The van der Waals surface area contributed by atoms with Crippen molar-refractivity contribution < 1.29 is 12.9 Å². The summed E-state index contributed by atoms with van der Waals surface area (Å²) in [7, 11) is -3.57. The molecule has 8 nitrogen and oxygen atoms in total. The number of rotatable bonds is 7. The number of anilines is 1. The van der Waals surface area contributed by atoms with E-state index in [0.717, 1.165) is 0 Å². The van der Waals surface area contributed by atoms with Gasteiger partial charge in [-0.2, -0.15) is 4.98 Å². The molecule has 0 aliphatic rings. The van der Waals surface area contributed by atoms with E-state index in [9.17, 15) is 8.42 Å². The fraction of sp³-hybridized carbons (Fsp3) is 0.364. The van der Waals surface area contributed by atoms with Gasteiger partial charge in [0.1, 0.15) is 5.82 Å². The van der Waals surface area contributed by atoms with E-state index in [-0.39, 0.29) is 11.4 Å². The second kappa shape index (κ2) is 6.44. The third-order valence-electron chi connectivity index (χ3n) is 2.44. The first-order valence-corrected chi connectivity index (χ1v) is 7.55. The smallest absolute Gasteiger partial charge is 0.240 e. The van der Waals surface area contributed by atoms with Gasteiger partial charge in [-0.15, -0.1) is 0 Å². The van der Waals surface area contributed by atoms with Crippen molar-refractivity contribution >= 4 is 15.8 Å². The Morgan fingerprint density at radius 2 is 2.20 bits per heavy atom. The zero-order valence-corrected chi connectivity index (χ0v) is 11.7. The van der Waals surface area contributed by atoms with Crippen molar-refractivity contribution in [3.05, 3.63) is 30.5 Å². The fourth-order valence-corrected chi connectivity index (χ4v) is 2.58. The normalized spacial score (nSPS) is 11.4. The van der Waals surface area contributed by atoms with E-state index in [1.807, 2.05) is 6.92 Å². The van der Waals surface area contributed by atoms with E-state index in [1.165, 1.54) is 24.7 Å². The molecule has 0 fully saturated rings. The van der Waals surface area contributed by atoms with Crippen LogP contribution in [0.4, 0.5) is 5.82 Å². The van der Waals surface area contributed by atoms with Gasteiger partial charge in [0.25, 0.3) is 0 Å². The standard InChI is InChI=1S/C11H15N5O3S/c1-2-12-10-7-9(3-5-13-10)20(17,18)16-6-4-11-14-8-15-19-11/h3,5,7-8,16H,2,4,6H2,1H3,(H,12,13). The molecule has 2 heterocycles. The number of sulfonamides is 1. The molecule has 0 bridgehead atoms. The Bertz CT molecular complexity index is 642. The SMILES string of the molecule is CCNc1cc(S(=O)(=O)NCCc2ncno2)ccn1. The molecule has 0 saturated heterocycles. The molecule has 0 spiro atoms. The van der Waals surface area contributed by atoms with E-state index < -0.39 is 10.0 Å². The first-order chi connectivity index (χ1) is 9.62. The first-order valence-electron chi connectivity index (χ1n) is 6.07. The predicted molar refractivity (Wildman–Crippen MR) is 71.6 cm³/mol. The first kappa shape index (κ1) is 14.4. The van der Waals surface area contributed by atoms with Crippen LogP contribution in [0.3, 0.4) is 0 Å². The van der Waals surface area contributed by atoms with E-state index >= 15 is 0 Å². The number of hydrogen-bond donors (Lipinski definition) is 2. The number of aromatic nitrogens is 3. The van der Waals surface area contributed by atoms with E-state index in [4.69, 9.17) is 4.52 Å². The Hall–Kier alpha value is -2.00. The van der Waals surface area contributed by atoms with Crippen LogP contribution in [0.5, 0.6) is 0 Å². The monoisotopic (exact) mass is 297 g/mol. The van der Waals surface area contributed by atoms with Crippen LogP contribution in [-0.4, -0.2) is 36.6 Å². The summed E-state index contributed by atoms with van der Waals surface area (Å²) in [5, 5.41) is 6.41. The molecule has 0 aliphatic heterocycles. The van der Waals surface area contributed by atoms with Crippen molar-refractivity contribution in [3.63, 3.8) is 0 Å². The lowest BCUT2D eigenvalue weighted by molar-refractivity contribution is 0.377. The van der Waals surface area contributed by atoms with Gasteiger partial charge in [0.05, 0.1) is 4.90 Å². The minimum absolute atomic E-state index is 0.161. The van der Waals surface area contributed by atoms with Crippen molar-refractivity contribution in [3.8, 4) is 0 Å². The molecule has 0 unspecified atom stereocenters. The number of pyridine rings is 1. The molecule has 2 aromatic rings. The van der Waals surface area contributed by atoms with Crippen molar-refractivity contribution in [2.24, 2.45) is 0 Å². The van der Waals surface area contributed by atoms with Crippen molar-refractivity contribution in [2.45, 2.75) is 18.2 Å². The van der Waals surface area contributed by atoms with Gasteiger partial charge in [0.2, 0.25) is 15.9 Å². The summed E-state index contributed by atoms with van der Waals surface area (Å²) < 4.78 is 31.4. The van der Waals surface area contributed by atoms with Gasteiger partial charge < -0.3 is 9.84 Å². The minimum Gasteiger partial charge on any atom is -0.370 e. The molecule has 20 heavy (non-hydrogen) atoms. The molecular formula is C11H15N5O3S. The summed E-state index contributed by atoms with van der Waals surface area (Å²) in [4.78, 5) is 8.00. The number of hydrogen-bond acceptors (Lipinski definition) is 7. The maximum atomic E-state index is 12.1. The number of nitrogens with zero attached hydrogens (tertiary/aromatic N) is 3. The summed E-state index contributed by atoms with van der Waals surface area (Å²) in [5.41, 5.74) is 0. The third kappa shape index (κ3) is 3.75. The van der Waals surface area contributed by atoms with Crippen LogP contribution in [0.15, 0.2) is 34.1 Å². The highest BCUT2D eigenvalue weighted by atomic mass is 32.2. The van der Waals surface area contributed by atoms with Crippen LogP contribution >= 0.6 is 0 Å². The lowest BCUT2D eigenvalue weighted by atomic mass is 10.4. The largest absolute Gasteiger partial charge is 0.370 e. The summed E-state index contributed by atoms with van der Waals surface area (Å²) >= 11 is 0. The van der Waals surface area contributed by atoms with Crippen LogP contribution in [0.25, 0.3) is 0 Å². The Labute approximate surface area is 116 Å². The lowest BCUT2D eigenvalue weighted by Crippen LogP contribution is -2.26. The van der Waals surface area contributed by atoms with Gasteiger partial charge >= 0.3 is 0 Å². The molecule has 108 valence electrons. The van der Waals surface area contributed by atoms with Gasteiger partial charge in [-0.25, -0.2) is 18.1 Å². The highest BCUT2D eigenvalue weighted by Crippen LogP contribution is 2.12. The topological polar surface area (TPSA) is 110 Å². The Balaban J connectivity index is 2.00. The molecule has 0 aliphatic carbocycles. The quantitative estimate of drug-likeness (QED) is 0.762. The van der Waals surface area contributed by atoms with Crippen LogP contribution in [0, 0.1) is 0 Å². The molecular weight excluding hydrogens is 282 g/mol. The molecule has 2 rings (SSSR count). The van der Waals surface area contributed by atoms with Crippen molar-refractivity contribution in [1.29, 1.82) is 0 Å². The predicted octanol–water partition coefficient (Wildman–Crippen LogP) is 0.417. The van der Waals surface area contributed by atoms with Crippen molar-refractivity contribution in [2.75, 3.05) is 18.4 Å². The Morgan fingerprint density at radius 1 is 1.35 bits per heavy atom. The van der Waals surface area contributed by atoms with Crippen molar-refractivity contribution in [1.82, 2.24) is 19.8 Å². The second-order valence-corrected chi connectivity index (χ2v) is 5.66. The van der Waals surface area contributed by atoms with Crippen LogP contribution in [0.2, 0.25) is 0 Å². The highest BCUT2D eigenvalue weighted by Gasteiger charge is 2.14. The fourth-order valence-electron chi connectivity index (χ4n) is 1.54. The summed E-state index contributed by atoms with van der Waals surface area (Å²) in [6, 6.07) is 2.93. The summed E-state index contributed by atoms with van der Waals surface area (Å²) in [6.45, 7) is 2.76. The molecule has 0 atom stereocenters. The molecule has 0 aromatic carbocycles. The third-order valence-corrected chi connectivity index (χ3v) is 3.90. The van der Waals surface area contributed by atoms with E-state index in [1.54, 1.807) is 0 Å². The molecule has 2 N–H and O–H groups in total. The minimum atomic E-state index is -3.57. The van der Waals surface area contributed by atoms with Gasteiger partial charge in [-0.1, -0.05) is 5.16 Å². The molecule has 0 radical (unpaired) electrons. The lowest BCUT2D eigenvalue weighted by Gasteiger charge is -2.07. The van der Waals surface area contributed by atoms with Gasteiger partial charge in [-0.05, 0) is 13.0 Å². The van der Waals surface area contributed by atoms with Gasteiger partial charge in [-0.3, -0.25) is 0 Å². The Morgan fingerprint density at radius 3 is 2.90 bits per heavy atom. The maximum Gasteiger partial charge on any atom is 0.240 e. The van der Waals surface area contributed by atoms with Gasteiger partial charge in [0, 0.05) is 31.8 Å². The second-order valence-electron chi connectivity index (χ2n) is 3.89. The average Bonchev–Trinajstić information content (AvgIpc) is 2.92. The highest BCUT2D eigenvalue weighted by molar-refractivity contribution is 7.89. The van der Waals surface area contributed by atoms with Crippen LogP contribution in [-0.2, 0) is 16.4 Å². The van der Waals surface area contributed by atoms with Gasteiger partial charge in [0.15, 0.2) is 6.33 Å². The van der Waals surface area contributed by atoms with Crippen LogP contribution < -0.4 is 10.0 Å². The molecule has 0 amide bonds. The maximum absolute atomic E-state index is 12.1. The summed E-state index contributed by atoms with van der Waals surface area (Å²) in [5.74, 6) is 0.906. The number of nitrogens with one attached hydrogen (secondary N) is 2. The zero-order chi connectivity index (χ0) is 14.4. The average molecular weight is 297 g/mol. The Kier molecular flexibility index (Phi) is 4.64. The summed E-state index contributed by atoms with van der Waals surface area (Å²) in [6.07, 6.45) is 3.06. The van der Waals surface area contributed by atoms with E-state index in [2.05, 4.69) is 25.2 Å². The molecule has 2 aromatic heterocycles. The van der Waals surface area contributed by atoms with E-state index in [0.29, 0.717) is 24.7 Å². The molecule has 0 saturated carbocycles. The zero-order valence-electron chi connectivity index (χ0n) is 10.9.